The molecule has 1 saturated carbocycles. The number of amides is 1. The molecule has 1 aromatic rings. The fourth-order valence-electron chi connectivity index (χ4n) is 3.82. The van der Waals surface area contributed by atoms with Crippen molar-refractivity contribution in [1.82, 2.24) is 10.2 Å². The Morgan fingerprint density at radius 2 is 1.88 bits per heavy atom. The van der Waals surface area contributed by atoms with E-state index >= 15 is 0 Å². The Hall–Kier alpha value is -1.46. The Labute approximate surface area is 143 Å². The van der Waals surface area contributed by atoms with Crippen molar-refractivity contribution >= 4 is 5.91 Å². The Kier molecular flexibility index (Phi) is 5.85. The summed E-state index contributed by atoms with van der Waals surface area (Å²) in [4.78, 5) is 14.8. The fourth-order valence-corrected chi connectivity index (χ4v) is 3.82. The molecule has 0 spiro atoms. The van der Waals surface area contributed by atoms with Crippen LogP contribution in [-0.2, 0) is 6.67 Å². The van der Waals surface area contributed by atoms with Crippen molar-refractivity contribution in [3.8, 4) is 0 Å². The molecule has 0 bridgehead atoms. The third-order valence-electron chi connectivity index (χ3n) is 5.30. The molecule has 4 nitrogen and oxygen atoms in total. The average Bonchev–Trinajstić information content (AvgIpc) is 2.60. The van der Waals surface area contributed by atoms with Gasteiger partial charge in [0.25, 0.3) is 5.91 Å². The SMILES string of the molecule is O=C(NC(CN1CC(O)C1)C1CCCCC1)c1ccc(CF)cc1. The number of hydrogen-bond donors (Lipinski definition) is 2. The second-order valence-corrected chi connectivity index (χ2v) is 7.18. The van der Waals surface area contributed by atoms with Gasteiger partial charge in [-0.3, -0.25) is 9.69 Å². The summed E-state index contributed by atoms with van der Waals surface area (Å²) in [7, 11) is 0. The van der Waals surface area contributed by atoms with Crippen molar-refractivity contribution in [2.75, 3.05) is 19.6 Å². The van der Waals surface area contributed by atoms with Gasteiger partial charge in [0.15, 0.2) is 0 Å². The minimum Gasteiger partial charge on any atom is -0.390 e. The molecule has 1 amide bonds. The van der Waals surface area contributed by atoms with Crippen LogP contribution in [-0.4, -0.2) is 47.7 Å². The van der Waals surface area contributed by atoms with E-state index in [1.165, 1.54) is 19.3 Å². The number of aliphatic hydroxyl groups excluding tert-OH is 1. The predicted molar refractivity (Wildman–Crippen MR) is 91.5 cm³/mol. The number of aliphatic hydroxyl groups is 1. The van der Waals surface area contributed by atoms with Crippen LogP contribution in [0.25, 0.3) is 0 Å². The molecule has 132 valence electrons. The minimum absolute atomic E-state index is 0.0861. The molecule has 2 aliphatic rings. The second kappa shape index (κ2) is 8.08. The molecule has 0 aromatic heterocycles. The van der Waals surface area contributed by atoms with E-state index in [4.69, 9.17) is 0 Å². The average molecular weight is 334 g/mol. The van der Waals surface area contributed by atoms with Crippen LogP contribution in [0.3, 0.4) is 0 Å². The van der Waals surface area contributed by atoms with E-state index in [0.717, 1.165) is 19.4 Å². The van der Waals surface area contributed by atoms with Gasteiger partial charge in [0, 0.05) is 31.2 Å². The maximum Gasteiger partial charge on any atom is 0.251 e. The van der Waals surface area contributed by atoms with E-state index in [1.54, 1.807) is 24.3 Å². The molecule has 3 rings (SSSR count). The van der Waals surface area contributed by atoms with Crippen molar-refractivity contribution in [3.63, 3.8) is 0 Å². The maximum atomic E-state index is 12.6. The summed E-state index contributed by atoms with van der Waals surface area (Å²) in [5.41, 5.74) is 1.17. The highest BCUT2D eigenvalue weighted by molar-refractivity contribution is 5.94. The molecule has 1 atom stereocenters. The number of carbonyl (C=O) groups is 1. The van der Waals surface area contributed by atoms with Gasteiger partial charge in [-0.1, -0.05) is 31.4 Å². The lowest BCUT2D eigenvalue weighted by Crippen LogP contribution is -2.57. The molecule has 1 saturated heterocycles. The molecule has 5 heteroatoms. The molecular weight excluding hydrogens is 307 g/mol. The summed E-state index contributed by atoms with van der Waals surface area (Å²) < 4.78 is 12.6. The van der Waals surface area contributed by atoms with Crippen LogP contribution < -0.4 is 5.32 Å². The third kappa shape index (κ3) is 4.33. The van der Waals surface area contributed by atoms with Gasteiger partial charge in [-0.25, -0.2) is 4.39 Å². The Balaban J connectivity index is 1.63. The number of halogens is 1. The third-order valence-corrected chi connectivity index (χ3v) is 5.30. The largest absolute Gasteiger partial charge is 0.390 e. The van der Waals surface area contributed by atoms with Crippen LogP contribution in [0.15, 0.2) is 24.3 Å². The van der Waals surface area contributed by atoms with Crippen molar-refractivity contribution in [2.24, 2.45) is 5.92 Å². The van der Waals surface area contributed by atoms with Crippen molar-refractivity contribution in [2.45, 2.75) is 50.9 Å². The first kappa shape index (κ1) is 17.4. The number of alkyl halides is 1. The smallest absolute Gasteiger partial charge is 0.251 e. The number of likely N-dealkylation sites (tertiary alicyclic amines) is 1. The molecule has 1 unspecified atom stereocenters. The van der Waals surface area contributed by atoms with Gasteiger partial charge in [0.2, 0.25) is 0 Å². The Morgan fingerprint density at radius 1 is 1.21 bits per heavy atom. The number of benzene rings is 1. The number of rotatable bonds is 6. The molecule has 24 heavy (non-hydrogen) atoms. The van der Waals surface area contributed by atoms with Crippen LogP contribution in [0.2, 0.25) is 0 Å². The van der Waals surface area contributed by atoms with Gasteiger partial charge >= 0.3 is 0 Å². The van der Waals surface area contributed by atoms with E-state index in [0.29, 0.717) is 30.1 Å². The number of carbonyl (C=O) groups excluding carboxylic acids is 1. The van der Waals surface area contributed by atoms with Gasteiger partial charge in [0.1, 0.15) is 6.67 Å². The summed E-state index contributed by atoms with van der Waals surface area (Å²) in [5, 5.41) is 12.7. The molecule has 0 radical (unpaired) electrons. The summed E-state index contributed by atoms with van der Waals surface area (Å²) in [5.74, 6) is 0.419. The monoisotopic (exact) mass is 334 g/mol. The van der Waals surface area contributed by atoms with E-state index in [1.807, 2.05) is 0 Å². The number of nitrogens with zero attached hydrogens (tertiary/aromatic N) is 1. The van der Waals surface area contributed by atoms with Crippen molar-refractivity contribution in [1.29, 1.82) is 0 Å². The first-order chi connectivity index (χ1) is 11.7. The molecule has 1 aliphatic heterocycles. The van der Waals surface area contributed by atoms with E-state index in [9.17, 15) is 14.3 Å². The minimum atomic E-state index is -0.510. The van der Waals surface area contributed by atoms with Crippen LogP contribution >= 0.6 is 0 Å². The zero-order valence-corrected chi connectivity index (χ0v) is 14.1. The standard InChI is InChI=1S/C19H27FN2O2/c20-10-14-6-8-16(9-7-14)19(24)21-18(13-22-11-17(23)12-22)15-4-2-1-3-5-15/h6-9,15,17-18,23H,1-5,10-13H2,(H,21,24). The van der Waals surface area contributed by atoms with Gasteiger partial charge in [-0.05, 0) is 36.5 Å². The highest BCUT2D eigenvalue weighted by Crippen LogP contribution is 2.28. The summed E-state index contributed by atoms with van der Waals surface area (Å²) in [6, 6.07) is 6.82. The Bertz CT molecular complexity index is 537. The molecule has 2 fully saturated rings. The molecule has 2 N–H and O–H groups in total. The lowest BCUT2D eigenvalue weighted by molar-refractivity contribution is -0.00768. The molecule has 1 aromatic carbocycles. The number of nitrogens with one attached hydrogen (secondary N) is 1. The van der Waals surface area contributed by atoms with Gasteiger partial charge in [-0.2, -0.15) is 0 Å². The van der Waals surface area contributed by atoms with E-state index < -0.39 is 6.67 Å². The highest BCUT2D eigenvalue weighted by Gasteiger charge is 2.31. The van der Waals surface area contributed by atoms with Crippen LogP contribution in [0, 0.1) is 5.92 Å². The first-order valence-corrected chi connectivity index (χ1v) is 9.02. The molecule has 1 heterocycles. The van der Waals surface area contributed by atoms with Gasteiger partial charge in [-0.15, -0.1) is 0 Å². The van der Waals surface area contributed by atoms with Crippen molar-refractivity contribution in [3.05, 3.63) is 35.4 Å². The maximum absolute atomic E-state index is 12.6. The van der Waals surface area contributed by atoms with Crippen LogP contribution in [0.4, 0.5) is 4.39 Å². The number of hydrogen-bond acceptors (Lipinski definition) is 3. The summed E-state index contributed by atoms with van der Waals surface area (Å²) in [6.45, 7) is 1.69. The predicted octanol–water partition coefficient (Wildman–Crippen LogP) is 2.51. The second-order valence-electron chi connectivity index (χ2n) is 7.18. The van der Waals surface area contributed by atoms with Gasteiger partial charge in [0.05, 0.1) is 6.10 Å². The summed E-state index contributed by atoms with van der Waals surface area (Å²) >= 11 is 0. The van der Waals surface area contributed by atoms with E-state index in [2.05, 4.69) is 10.2 Å². The fraction of sp³-hybridized carbons (Fsp3) is 0.632. The molecular formula is C19H27FN2O2. The molecule has 1 aliphatic carbocycles. The lowest BCUT2D eigenvalue weighted by Gasteiger charge is -2.41. The van der Waals surface area contributed by atoms with Crippen LogP contribution in [0.1, 0.15) is 48.0 Å². The normalized spacial score (nSPS) is 21.2. The lowest BCUT2D eigenvalue weighted by atomic mass is 9.83. The number of β-amino-alcohol motifs (C(OH)–C–C–N with tert-alkyl or cyclic N) is 1. The zero-order valence-electron chi connectivity index (χ0n) is 14.1. The quantitative estimate of drug-likeness (QED) is 0.840. The van der Waals surface area contributed by atoms with Gasteiger partial charge < -0.3 is 10.4 Å². The summed E-state index contributed by atoms with van der Waals surface area (Å²) in [6.07, 6.45) is 5.82. The zero-order chi connectivity index (χ0) is 16.9. The first-order valence-electron chi connectivity index (χ1n) is 9.02. The van der Waals surface area contributed by atoms with Crippen molar-refractivity contribution < 1.29 is 14.3 Å². The van der Waals surface area contributed by atoms with Crippen LogP contribution in [0.5, 0.6) is 0 Å². The topological polar surface area (TPSA) is 52.6 Å². The van der Waals surface area contributed by atoms with E-state index in [-0.39, 0.29) is 18.1 Å². The Morgan fingerprint density at radius 3 is 2.46 bits per heavy atom. The highest BCUT2D eigenvalue weighted by atomic mass is 19.1.